The van der Waals surface area contributed by atoms with Crippen LogP contribution in [0.3, 0.4) is 0 Å². The minimum absolute atomic E-state index is 0. The molecule has 1 atom stereocenters. The van der Waals surface area contributed by atoms with Gasteiger partial charge in [-0.05, 0) is 42.7 Å². The van der Waals surface area contributed by atoms with Crippen molar-refractivity contribution in [3.05, 3.63) is 70.9 Å². The number of fused-ring (bicyclic) bond motifs is 1. The number of benzene rings is 2. The fourth-order valence-electron chi connectivity index (χ4n) is 2.64. The van der Waals surface area contributed by atoms with E-state index in [0.29, 0.717) is 11.4 Å². The Kier molecular flexibility index (Phi) is 9.68. The predicted octanol–water partition coefficient (Wildman–Crippen LogP) is 3.98. The number of aromatic nitrogens is 1. The minimum Gasteiger partial charge on any atom is -0.477 e. The normalized spacial score (nSPS) is 11.0. The summed E-state index contributed by atoms with van der Waals surface area (Å²) in [6.07, 6.45) is 1.54. The fourth-order valence-corrected chi connectivity index (χ4v) is 2.82. The van der Waals surface area contributed by atoms with Gasteiger partial charge in [-0.15, -0.1) is 12.4 Å². The monoisotopic (exact) mass is 437 g/mol. The first kappa shape index (κ1) is 24.5. The van der Waals surface area contributed by atoms with Crippen molar-refractivity contribution in [3.63, 3.8) is 0 Å². The number of hydrogen-bond acceptors (Lipinski definition) is 3. The highest BCUT2D eigenvalue weighted by Gasteiger charge is 2.14. The van der Waals surface area contributed by atoms with E-state index in [0.717, 1.165) is 17.3 Å². The maximum atomic E-state index is 11.5. The maximum absolute atomic E-state index is 11.5. The summed E-state index contributed by atoms with van der Waals surface area (Å²) in [6.45, 7) is 0. The van der Waals surface area contributed by atoms with Gasteiger partial charge in [0.15, 0.2) is 0 Å². The van der Waals surface area contributed by atoms with Gasteiger partial charge in [-0.25, -0.2) is 4.79 Å². The SMILES string of the molecule is CN(C)C(=O)[C@@H](N)CCc1ccccc1.Cl.O=C(O)c1cc2cc(Cl)ccc2[nH]1. The number of carbonyl (C=O) groups is 2. The number of amides is 1. The number of nitrogens with zero attached hydrogens (tertiary/aromatic N) is 1. The van der Waals surface area contributed by atoms with E-state index in [1.54, 1.807) is 38.4 Å². The van der Waals surface area contributed by atoms with Crippen molar-refractivity contribution in [2.24, 2.45) is 5.73 Å². The van der Waals surface area contributed by atoms with Crippen LogP contribution in [0.1, 0.15) is 22.5 Å². The number of carboxylic acids is 1. The third-order valence-electron chi connectivity index (χ3n) is 4.16. The van der Waals surface area contributed by atoms with E-state index in [9.17, 15) is 9.59 Å². The molecule has 0 bridgehead atoms. The zero-order chi connectivity index (χ0) is 20.7. The molecule has 0 aliphatic heterocycles. The summed E-state index contributed by atoms with van der Waals surface area (Å²) >= 11 is 5.75. The topological polar surface area (TPSA) is 99.4 Å². The molecule has 1 heterocycles. The van der Waals surface area contributed by atoms with Crippen molar-refractivity contribution in [1.82, 2.24) is 9.88 Å². The molecule has 0 aliphatic rings. The van der Waals surface area contributed by atoms with Gasteiger partial charge in [-0.1, -0.05) is 41.9 Å². The van der Waals surface area contributed by atoms with Crippen LogP contribution in [0.2, 0.25) is 5.02 Å². The average molecular weight is 438 g/mol. The van der Waals surface area contributed by atoms with E-state index in [1.165, 1.54) is 10.5 Å². The number of carboxylic acid groups (broad SMARTS) is 1. The highest BCUT2D eigenvalue weighted by molar-refractivity contribution is 6.31. The Bertz CT molecular complexity index is 943. The quantitative estimate of drug-likeness (QED) is 0.561. The molecule has 1 amide bonds. The molecule has 29 heavy (non-hydrogen) atoms. The second-order valence-corrected chi connectivity index (χ2v) is 7.02. The van der Waals surface area contributed by atoms with Gasteiger partial charge in [-0.3, -0.25) is 4.79 Å². The Morgan fingerprint density at radius 2 is 1.79 bits per heavy atom. The molecule has 4 N–H and O–H groups in total. The zero-order valence-corrected chi connectivity index (χ0v) is 17.8. The third kappa shape index (κ3) is 7.42. The third-order valence-corrected chi connectivity index (χ3v) is 4.39. The molecule has 0 aliphatic carbocycles. The van der Waals surface area contributed by atoms with Crippen molar-refractivity contribution in [3.8, 4) is 0 Å². The van der Waals surface area contributed by atoms with Crippen LogP contribution >= 0.6 is 24.0 Å². The Morgan fingerprint density at radius 3 is 2.38 bits per heavy atom. The Morgan fingerprint density at radius 1 is 1.14 bits per heavy atom. The lowest BCUT2D eigenvalue weighted by Crippen LogP contribution is -2.40. The van der Waals surface area contributed by atoms with Gasteiger partial charge in [-0.2, -0.15) is 0 Å². The molecule has 0 fully saturated rings. The number of rotatable bonds is 5. The van der Waals surface area contributed by atoms with E-state index >= 15 is 0 Å². The smallest absolute Gasteiger partial charge is 0.352 e. The fraction of sp³-hybridized carbons (Fsp3) is 0.238. The van der Waals surface area contributed by atoms with Crippen LogP contribution in [0, 0.1) is 0 Å². The van der Waals surface area contributed by atoms with Crippen molar-refractivity contribution < 1.29 is 14.7 Å². The zero-order valence-electron chi connectivity index (χ0n) is 16.3. The first-order chi connectivity index (χ1) is 13.3. The van der Waals surface area contributed by atoms with Crippen LogP contribution in [0.5, 0.6) is 0 Å². The van der Waals surface area contributed by atoms with E-state index in [4.69, 9.17) is 22.4 Å². The van der Waals surface area contributed by atoms with Crippen LogP contribution in [0.4, 0.5) is 0 Å². The molecule has 8 heteroatoms. The van der Waals surface area contributed by atoms with Crippen molar-refractivity contribution >= 4 is 46.8 Å². The predicted molar refractivity (Wildman–Crippen MR) is 119 cm³/mol. The number of nitrogens with one attached hydrogen (secondary N) is 1. The van der Waals surface area contributed by atoms with Crippen molar-refractivity contribution in [2.75, 3.05) is 14.1 Å². The summed E-state index contributed by atoms with van der Waals surface area (Å²) in [6, 6.07) is 16.4. The molecule has 0 unspecified atom stereocenters. The Labute approximate surface area is 181 Å². The lowest BCUT2D eigenvalue weighted by atomic mass is 10.1. The highest BCUT2D eigenvalue weighted by atomic mass is 35.5. The van der Waals surface area contributed by atoms with Gasteiger partial charge >= 0.3 is 5.97 Å². The summed E-state index contributed by atoms with van der Waals surface area (Å²) in [5.41, 5.74) is 7.95. The first-order valence-corrected chi connectivity index (χ1v) is 9.18. The van der Waals surface area contributed by atoms with Gasteiger partial charge in [0.2, 0.25) is 5.91 Å². The number of aromatic carboxylic acids is 1. The standard InChI is InChI=1S/C12H18N2O.C9H6ClNO2.ClH/c1-14(2)12(15)11(13)9-8-10-6-4-3-5-7-10;10-6-1-2-7-5(3-6)4-8(11-7)9(12)13;/h3-7,11H,8-9,13H2,1-2H3;1-4,11H,(H,12,13);1H/t11-;;/m0../s1. The molecular formula is C21H25Cl2N3O3. The number of carbonyl (C=O) groups excluding carboxylic acids is 1. The number of hydrogen-bond donors (Lipinski definition) is 3. The molecule has 2 aromatic carbocycles. The number of likely N-dealkylation sites (N-methyl/N-ethyl adjacent to an activating group) is 1. The number of aromatic amines is 1. The minimum atomic E-state index is -0.965. The Hall–Kier alpha value is -2.54. The van der Waals surface area contributed by atoms with Crippen molar-refractivity contribution in [2.45, 2.75) is 18.9 Å². The molecule has 0 radical (unpaired) electrons. The highest BCUT2D eigenvalue weighted by Crippen LogP contribution is 2.19. The molecule has 0 saturated carbocycles. The number of aryl methyl sites for hydroxylation is 1. The number of halogens is 2. The van der Waals surface area contributed by atoms with Crippen LogP contribution < -0.4 is 5.73 Å². The molecule has 3 rings (SSSR count). The first-order valence-electron chi connectivity index (χ1n) is 8.80. The van der Waals surface area contributed by atoms with E-state index < -0.39 is 5.97 Å². The molecule has 0 spiro atoms. The lowest BCUT2D eigenvalue weighted by Gasteiger charge is -2.16. The summed E-state index contributed by atoms with van der Waals surface area (Å²) in [5.74, 6) is -0.974. The number of H-pyrrole nitrogens is 1. The summed E-state index contributed by atoms with van der Waals surface area (Å²) in [7, 11) is 3.45. The largest absolute Gasteiger partial charge is 0.477 e. The van der Waals surface area contributed by atoms with Gasteiger partial charge in [0.05, 0.1) is 6.04 Å². The molecule has 6 nitrogen and oxygen atoms in total. The molecule has 0 saturated heterocycles. The number of nitrogens with two attached hydrogens (primary N) is 1. The Balaban J connectivity index is 0.000000282. The lowest BCUT2D eigenvalue weighted by molar-refractivity contribution is -0.130. The second kappa shape index (κ2) is 11.5. The second-order valence-electron chi connectivity index (χ2n) is 6.58. The van der Waals surface area contributed by atoms with Crippen LogP contribution in [-0.4, -0.2) is 47.0 Å². The summed E-state index contributed by atoms with van der Waals surface area (Å²) in [4.78, 5) is 26.4. The summed E-state index contributed by atoms with van der Waals surface area (Å²) in [5, 5.41) is 10.1. The van der Waals surface area contributed by atoms with Gasteiger partial charge in [0.25, 0.3) is 0 Å². The van der Waals surface area contributed by atoms with Gasteiger partial charge in [0.1, 0.15) is 5.69 Å². The van der Waals surface area contributed by atoms with Crippen molar-refractivity contribution in [1.29, 1.82) is 0 Å². The molecular weight excluding hydrogens is 413 g/mol. The van der Waals surface area contributed by atoms with Crippen LogP contribution in [-0.2, 0) is 11.2 Å². The van der Waals surface area contributed by atoms with E-state index in [2.05, 4.69) is 4.98 Å². The maximum Gasteiger partial charge on any atom is 0.352 e. The molecule has 1 aromatic heterocycles. The van der Waals surface area contributed by atoms with E-state index in [-0.39, 0.29) is 30.0 Å². The molecule has 3 aromatic rings. The van der Waals surface area contributed by atoms with Gasteiger partial charge < -0.3 is 20.7 Å². The van der Waals surface area contributed by atoms with E-state index in [1.807, 2.05) is 30.3 Å². The van der Waals surface area contributed by atoms with Crippen LogP contribution in [0.15, 0.2) is 54.6 Å². The van der Waals surface area contributed by atoms with Crippen LogP contribution in [0.25, 0.3) is 10.9 Å². The van der Waals surface area contributed by atoms with Gasteiger partial charge in [0, 0.05) is 30.0 Å². The average Bonchev–Trinajstić information content (AvgIpc) is 3.10. The molecule has 156 valence electrons. The summed E-state index contributed by atoms with van der Waals surface area (Å²) < 4.78 is 0.